The van der Waals surface area contributed by atoms with Gasteiger partial charge in [0, 0.05) is 27.9 Å². The molecule has 1 unspecified atom stereocenters. The van der Waals surface area contributed by atoms with Gasteiger partial charge < -0.3 is 20.9 Å². The molecule has 1 atom stereocenters. The normalized spacial score (nSPS) is 13.6. The van der Waals surface area contributed by atoms with Crippen molar-refractivity contribution in [1.82, 2.24) is 4.98 Å². The van der Waals surface area contributed by atoms with Gasteiger partial charge in [-0.15, -0.1) is 0 Å². The van der Waals surface area contributed by atoms with E-state index in [9.17, 15) is 9.90 Å². The number of fused-ring (bicyclic) bond motifs is 1. The van der Waals surface area contributed by atoms with E-state index in [1.807, 2.05) is 61.5 Å². The Hall–Kier alpha value is -3.61. The van der Waals surface area contributed by atoms with E-state index in [1.165, 1.54) is 0 Å². The maximum Gasteiger partial charge on any atom is 0.303 e. The highest BCUT2D eigenvalue weighted by Gasteiger charge is 2.21. The first-order valence-corrected chi connectivity index (χ1v) is 12.4. The van der Waals surface area contributed by atoms with Crippen molar-refractivity contribution in [3.63, 3.8) is 0 Å². The highest BCUT2D eigenvalue weighted by Crippen LogP contribution is 2.33. The number of nitrogens with one attached hydrogen (secondary N) is 1. The summed E-state index contributed by atoms with van der Waals surface area (Å²) in [4.78, 5) is 19.1. The van der Waals surface area contributed by atoms with Crippen LogP contribution in [0.2, 0.25) is 5.02 Å². The number of benzene rings is 3. The number of hydrogen-bond acceptors (Lipinski definition) is 4. The van der Waals surface area contributed by atoms with Gasteiger partial charge in [0.2, 0.25) is 0 Å². The maximum absolute atomic E-state index is 11.1. The molecular formula is C29H30ClN3O3. The minimum atomic E-state index is -0.851. The van der Waals surface area contributed by atoms with Crippen molar-refractivity contribution >= 4 is 39.9 Å². The van der Waals surface area contributed by atoms with E-state index < -0.39 is 11.5 Å². The first-order valence-electron chi connectivity index (χ1n) is 12.0. The molecule has 4 aromatic rings. The molecule has 0 spiro atoms. The van der Waals surface area contributed by atoms with E-state index in [1.54, 1.807) is 12.1 Å². The number of rotatable bonds is 9. The van der Waals surface area contributed by atoms with Gasteiger partial charge in [-0.1, -0.05) is 61.3 Å². The summed E-state index contributed by atoms with van der Waals surface area (Å²) in [5.74, 6) is -0.869. The second-order valence-corrected chi connectivity index (χ2v) is 9.74. The average Bonchev–Trinajstić information content (AvgIpc) is 3.16. The van der Waals surface area contributed by atoms with Crippen molar-refractivity contribution < 1.29 is 15.0 Å². The molecule has 186 valence electrons. The van der Waals surface area contributed by atoms with Gasteiger partial charge in [-0.05, 0) is 61.2 Å². The monoisotopic (exact) mass is 503 g/mol. The molecule has 36 heavy (non-hydrogen) atoms. The molecule has 0 saturated carbocycles. The zero-order valence-corrected chi connectivity index (χ0v) is 21.1. The van der Waals surface area contributed by atoms with Crippen LogP contribution in [0.5, 0.6) is 5.88 Å². The second-order valence-electron chi connectivity index (χ2n) is 9.31. The summed E-state index contributed by atoms with van der Waals surface area (Å²) in [6, 6.07) is 20.8. The summed E-state index contributed by atoms with van der Waals surface area (Å²) < 4.78 is 0. The molecule has 0 aliphatic heterocycles. The fraction of sp³-hybridized carbons (Fsp3) is 0.241. The third-order valence-corrected chi connectivity index (χ3v) is 6.58. The number of aromatic hydroxyl groups is 1. The fourth-order valence-corrected chi connectivity index (χ4v) is 4.67. The van der Waals surface area contributed by atoms with Crippen molar-refractivity contribution in [1.29, 1.82) is 0 Å². The summed E-state index contributed by atoms with van der Waals surface area (Å²) in [5.41, 5.74) is 11.3. The number of hydrogen-bond donors (Lipinski definition) is 4. The Morgan fingerprint density at radius 2 is 1.86 bits per heavy atom. The molecule has 0 amide bonds. The highest BCUT2D eigenvalue weighted by molar-refractivity contribution is 6.31. The lowest BCUT2D eigenvalue weighted by Crippen LogP contribution is -2.32. The molecule has 0 radical (unpaired) electrons. The molecule has 6 nitrogen and oxygen atoms in total. The Bertz CT molecular complexity index is 1420. The van der Waals surface area contributed by atoms with Crippen LogP contribution in [0.15, 0.2) is 71.7 Å². The first-order chi connectivity index (χ1) is 17.2. The predicted octanol–water partition coefficient (Wildman–Crippen LogP) is 6.69. The van der Waals surface area contributed by atoms with Crippen LogP contribution in [0, 0.1) is 0 Å². The van der Waals surface area contributed by atoms with Crippen LogP contribution in [0.1, 0.15) is 55.4 Å². The van der Waals surface area contributed by atoms with Crippen LogP contribution < -0.4 is 5.73 Å². The SMILES string of the molecule is CCCC(C)(N)c1ccc(N=C(c2cccc(CCC(=O)O)c2)c2c(O)[nH]c3cc(Cl)ccc23)cc1. The molecule has 4 rings (SSSR count). The number of halogens is 1. The summed E-state index contributed by atoms with van der Waals surface area (Å²) in [5, 5.41) is 21.4. The smallest absolute Gasteiger partial charge is 0.303 e. The Balaban J connectivity index is 1.85. The van der Waals surface area contributed by atoms with Gasteiger partial charge in [0.05, 0.1) is 22.5 Å². The van der Waals surface area contributed by atoms with Crippen LogP contribution in [0.4, 0.5) is 5.69 Å². The van der Waals surface area contributed by atoms with E-state index in [2.05, 4.69) is 11.9 Å². The minimum Gasteiger partial charge on any atom is -0.494 e. The molecule has 5 N–H and O–H groups in total. The lowest BCUT2D eigenvalue weighted by Gasteiger charge is -2.24. The molecule has 0 fully saturated rings. The van der Waals surface area contributed by atoms with E-state index in [4.69, 9.17) is 27.4 Å². The third kappa shape index (κ3) is 5.61. The molecule has 0 bridgehead atoms. The van der Waals surface area contributed by atoms with E-state index in [-0.39, 0.29) is 12.3 Å². The Labute approximate surface area is 215 Å². The number of carboxylic acid groups (broad SMARTS) is 1. The van der Waals surface area contributed by atoms with E-state index >= 15 is 0 Å². The summed E-state index contributed by atoms with van der Waals surface area (Å²) in [6.07, 6.45) is 2.28. The number of carbonyl (C=O) groups is 1. The number of aliphatic carboxylic acids is 1. The quantitative estimate of drug-likeness (QED) is 0.191. The van der Waals surface area contributed by atoms with Crippen LogP contribution >= 0.6 is 11.6 Å². The molecule has 0 aliphatic rings. The van der Waals surface area contributed by atoms with Crippen molar-refractivity contribution in [3.05, 3.63) is 94.0 Å². The number of nitrogens with two attached hydrogens (primary N) is 1. The minimum absolute atomic E-state index is 0.0175. The van der Waals surface area contributed by atoms with Gasteiger partial charge in [-0.3, -0.25) is 4.79 Å². The van der Waals surface area contributed by atoms with Crippen molar-refractivity contribution in [2.24, 2.45) is 10.7 Å². The van der Waals surface area contributed by atoms with Gasteiger partial charge in [0.25, 0.3) is 0 Å². The van der Waals surface area contributed by atoms with Crippen molar-refractivity contribution in [3.8, 4) is 5.88 Å². The molecule has 7 heteroatoms. The van der Waals surface area contributed by atoms with Gasteiger partial charge in [-0.25, -0.2) is 4.99 Å². The van der Waals surface area contributed by atoms with Gasteiger partial charge >= 0.3 is 5.97 Å². The van der Waals surface area contributed by atoms with Gasteiger partial charge in [0.15, 0.2) is 5.88 Å². The largest absolute Gasteiger partial charge is 0.494 e. The summed E-state index contributed by atoms with van der Waals surface area (Å²) in [6.45, 7) is 4.14. The lowest BCUT2D eigenvalue weighted by atomic mass is 9.89. The topological polar surface area (TPSA) is 112 Å². The van der Waals surface area contributed by atoms with Crippen LogP contribution in [0.25, 0.3) is 10.9 Å². The predicted molar refractivity (Wildman–Crippen MR) is 146 cm³/mol. The van der Waals surface area contributed by atoms with Crippen LogP contribution in [0.3, 0.4) is 0 Å². The van der Waals surface area contributed by atoms with E-state index in [0.29, 0.717) is 33.9 Å². The molecule has 0 saturated heterocycles. The Morgan fingerprint density at radius 3 is 2.56 bits per heavy atom. The van der Waals surface area contributed by atoms with Crippen LogP contribution in [-0.4, -0.2) is 26.9 Å². The molecule has 1 aromatic heterocycles. The number of H-pyrrole nitrogens is 1. The number of aromatic amines is 1. The Kier molecular flexibility index (Phi) is 7.48. The zero-order chi connectivity index (χ0) is 25.9. The Morgan fingerprint density at radius 1 is 1.11 bits per heavy atom. The standard InChI is InChI=1S/C29H30ClN3O3/c1-3-15-29(2,31)20-8-11-22(12-9-20)32-27(19-6-4-5-18(16-19)7-14-25(34)35)26-23-13-10-21(30)17-24(23)33-28(26)36/h4-6,8-13,16-17,33,36H,3,7,14-15,31H2,1-2H3,(H,34,35). The molecular weight excluding hydrogens is 474 g/mol. The molecule has 0 aliphatic carbocycles. The number of aromatic nitrogens is 1. The van der Waals surface area contributed by atoms with Gasteiger partial charge in [-0.2, -0.15) is 0 Å². The van der Waals surface area contributed by atoms with Gasteiger partial charge in [0.1, 0.15) is 0 Å². The number of aliphatic imine (C=N–C) groups is 1. The van der Waals surface area contributed by atoms with E-state index in [0.717, 1.165) is 34.9 Å². The number of carboxylic acids is 1. The number of aryl methyl sites for hydroxylation is 1. The first kappa shape index (κ1) is 25.5. The average molecular weight is 504 g/mol. The lowest BCUT2D eigenvalue weighted by molar-refractivity contribution is -0.136. The fourth-order valence-electron chi connectivity index (χ4n) is 4.49. The highest BCUT2D eigenvalue weighted by atomic mass is 35.5. The molecule has 3 aromatic carbocycles. The van der Waals surface area contributed by atoms with Crippen molar-refractivity contribution in [2.45, 2.75) is 45.1 Å². The van der Waals surface area contributed by atoms with Crippen molar-refractivity contribution in [2.75, 3.05) is 0 Å². The van der Waals surface area contributed by atoms with Crippen LogP contribution in [-0.2, 0) is 16.8 Å². The summed E-state index contributed by atoms with van der Waals surface area (Å²) in [7, 11) is 0. The number of nitrogens with zero attached hydrogens (tertiary/aromatic N) is 1. The third-order valence-electron chi connectivity index (χ3n) is 6.34. The summed E-state index contributed by atoms with van der Waals surface area (Å²) >= 11 is 6.17. The zero-order valence-electron chi connectivity index (χ0n) is 20.4. The molecule has 1 heterocycles. The second kappa shape index (κ2) is 10.6. The maximum atomic E-state index is 11.1.